The van der Waals surface area contributed by atoms with Crippen LogP contribution in [0.4, 0.5) is 0 Å². The van der Waals surface area contributed by atoms with E-state index in [2.05, 4.69) is 11.4 Å². The lowest BCUT2D eigenvalue weighted by Crippen LogP contribution is -2.49. The number of fused-ring (bicyclic) bond motifs is 1. The van der Waals surface area contributed by atoms with Gasteiger partial charge in [0.05, 0.1) is 6.26 Å². The van der Waals surface area contributed by atoms with Crippen LogP contribution in [0.5, 0.6) is 0 Å². The summed E-state index contributed by atoms with van der Waals surface area (Å²) in [5.74, 6) is 0.194. The quantitative estimate of drug-likeness (QED) is 0.936. The van der Waals surface area contributed by atoms with E-state index in [1.807, 2.05) is 12.1 Å². The van der Waals surface area contributed by atoms with E-state index in [0.717, 1.165) is 31.2 Å². The number of piperidine rings is 1. The monoisotopic (exact) mass is 338 g/mol. The van der Waals surface area contributed by atoms with Crippen molar-refractivity contribution in [2.45, 2.75) is 38.1 Å². The maximum absolute atomic E-state index is 12.6. The van der Waals surface area contributed by atoms with Gasteiger partial charge in [-0.05, 0) is 67.5 Å². The molecular weight excluding hydrogens is 316 g/mol. The molecule has 0 bridgehead atoms. The predicted octanol–water partition coefficient (Wildman–Crippen LogP) is 2.80. The molecule has 25 heavy (non-hydrogen) atoms. The second-order valence-corrected chi connectivity index (χ2v) is 6.88. The van der Waals surface area contributed by atoms with Crippen molar-refractivity contribution in [2.24, 2.45) is 0 Å². The van der Waals surface area contributed by atoms with Crippen LogP contribution in [0.2, 0.25) is 0 Å². The van der Waals surface area contributed by atoms with Gasteiger partial charge in [0.15, 0.2) is 5.76 Å². The molecule has 1 N–H and O–H groups in total. The number of carbonyl (C=O) groups is 2. The van der Waals surface area contributed by atoms with Gasteiger partial charge in [0.1, 0.15) is 0 Å². The van der Waals surface area contributed by atoms with E-state index >= 15 is 0 Å². The molecule has 5 nitrogen and oxygen atoms in total. The van der Waals surface area contributed by atoms with Crippen molar-refractivity contribution < 1.29 is 14.0 Å². The number of hydrogen-bond acceptors (Lipinski definition) is 3. The average Bonchev–Trinajstić information content (AvgIpc) is 3.32. The Morgan fingerprint density at radius 2 is 2.00 bits per heavy atom. The molecular formula is C20H22N2O3. The van der Waals surface area contributed by atoms with Crippen LogP contribution < -0.4 is 5.32 Å². The Bertz CT molecular complexity index is 782. The summed E-state index contributed by atoms with van der Waals surface area (Å²) in [4.78, 5) is 26.8. The number of amides is 2. The molecule has 2 amide bonds. The van der Waals surface area contributed by atoms with Crippen molar-refractivity contribution in [3.8, 4) is 0 Å². The molecule has 2 aliphatic rings. The van der Waals surface area contributed by atoms with Crippen molar-refractivity contribution >= 4 is 11.8 Å². The third-order valence-electron chi connectivity index (χ3n) is 5.14. The molecule has 1 atom stereocenters. The van der Waals surface area contributed by atoms with Crippen LogP contribution in [0.25, 0.3) is 0 Å². The summed E-state index contributed by atoms with van der Waals surface area (Å²) in [5, 5.41) is 3.09. The number of likely N-dealkylation sites (tertiary alicyclic amines) is 1. The van der Waals surface area contributed by atoms with Gasteiger partial charge in [-0.1, -0.05) is 6.07 Å². The fourth-order valence-electron chi connectivity index (χ4n) is 3.82. The third kappa shape index (κ3) is 3.31. The lowest BCUT2D eigenvalue weighted by atomic mass is 10.0. The third-order valence-corrected chi connectivity index (χ3v) is 5.14. The molecule has 2 heterocycles. The number of furan rings is 1. The first-order chi connectivity index (χ1) is 12.2. The number of nitrogens with one attached hydrogen (secondary N) is 1. The minimum absolute atomic E-state index is 0.0200. The van der Waals surface area contributed by atoms with Gasteiger partial charge in [-0.15, -0.1) is 0 Å². The molecule has 1 saturated heterocycles. The lowest BCUT2D eigenvalue weighted by molar-refractivity contribution is 0.0647. The highest BCUT2D eigenvalue weighted by molar-refractivity contribution is 5.95. The number of nitrogens with zero attached hydrogens (tertiary/aromatic N) is 1. The maximum Gasteiger partial charge on any atom is 0.289 e. The Morgan fingerprint density at radius 3 is 2.84 bits per heavy atom. The zero-order valence-electron chi connectivity index (χ0n) is 14.2. The molecule has 1 unspecified atom stereocenters. The summed E-state index contributed by atoms with van der Waals surface area (Å²) in [6, 6.07) is 9.37. The van der Waals surface area contributed by atoms with Crippen molar-refractivity contribution in [2.75, 3.05) is 13.1 Å². The van der Waals surface area contributed by atoms with Gasteiger partial charge in [0.25, 0.3) is 11.8 Å². The van der Waals surface area contributed by atoms with Crippen LogP contribution in [0, 0.1) is 0 Å². The van der Waals surface area contributed by atoms with Gasteiger partial charge in [-0.3, -0.25) is 9.59 Å². The van der Waals surface area contributed by atoms with Crippen molar-refractivity contribution in [1.82, 2.24) is 10.2 Å². The van der Waals surface area contributed by atoms with Gasteiger partial charge in [0.2, 0.25) is 0 Å². The van der Waals surface area contributed by atoms with E-state index in [1.165, 1.54) is 23.8 Å². The van der Waals surface area contributed by atoms with Gasteiger partial charge >= 0.3 is 0 Å². The summed E-state index contributed by atoms with van der Waals surface area (Å²) < 4.78 is 5.20. The van der Waals surface area contributed by atoms with Crippen molar-refractivity contribution in [3.63, 3.8) is 0 Å². The zero-order chi connectivity index (χ0) is 17.2. The fraction of sp³-hybridized carbons (Fsp3) is 0.400. The molecule has 1 aromatic carbocycles. The largest absolute Gasteiger partial charge is 0.459 e. The Morgan fingerprint density at radius 1 is 1.12 bits per heavy atom. The standard InChI is InChI=1S/C20H22N2O3/c23-19(16-9-8-14-4-1-5-15(14)12-16)21-17-6-2-10-22(13-17)20(24)18-7-3-11-25-18/h3,7-9,11-12,17H,1-2,4-6,10,13H2,(H,21,23). The van der Waals surface area contributed by atoms with Crippen LogP contribution in [0.1, 0.15) is 51.3 Å². The van der Waals surface area contributed by atoms with Crippen LogP contribution >= 0.6 is 0 Å². The Hall–Kier alpha value is -2.56. The van der Waals surface area contributed by atoms with E-state index in [9.17, 15) is 9.59 Å². The maximum atomic E-state index is 12.6. The van der Waals surface area contributed by atoms with Gasteiger partial charge < -0.3 is 14.6 Å². The molecule has 4 rings (SSSR count). The zero-order valence-corrected chi connectivity index (χ0v) is 14.2. The predicted molar refractivity (Wildman–Crippen MR) is 93.6 cm³/mol. The van der Waals surface area contributed by atoms with E-state index in [-0.39, 0.29) is 17.9 Å². The van der Waals surface area contributed by atoms with Gasteiger partial charge in [0, 0.05) is 24.7 Å². The Kier molecular flexibility index (Phi) is 4.30. The van der Waals surface area contributed by atoms with Crippen molar-refractivity contribution in [1.29, 1.82) is 0 Å². The molecule has 1 aliphatic carbocycles. The number of hydrogen-bond donors (Lipinski definition) is 1. The lowest BCUT2D eigenvalue weighted by Gasteiger charge is -2.32. The molecule has 0 saturated carbocycles. The number of rotatable bonds is 3. The normalized spacial score (nSPS) is 19.5. The molecule has 1 aliphatic heterocycles. The summed E-state index contributed by atoms with van der Waals surface area (Å²) in [6.45, 7) is 1.22. The van der Waals surface area contributed by atoms with Crippen LogP contribution in [0.15, 0.2) is 41.0 Å². The van der Waals surface area contributed by atoms with E-state index in [1.54, 1.807) is 17.0 Å². The highest BCUT2D eigenvalue weighted by Crippen LogP contribution is 2.23. The highest BCUT2D eigenvalue weighted by atomic mass is 16.3. The average molecular weight is 338 g/mol. The first-order valence-corrected chi connectivity index (χ1v) is 8.96. The molecule has 2 aromatic rings. The molecule has 1 fully saturated rings. The Balaban J connectivity index is 1.40. The second-order valence-electron chi connectivity index (χ2n) is 6.88. The minimum Gasteiger partial charge on any atom is -0.459 e. The topological polar surface area (TPSA) is 62.6 Å². The van der Waals surface area contributed by atoms with Crippen LogP contribution in [-0.2, 0) is 12.8 Å². The SMILES string of the molecule is O=C(NC1CCCN(C(=O)c2ccco2)C1)c1ccc2c(c1)CCC2. The summed E-state index contributed by atoms with van der Waals surface area (Å²) in [6.07, 6.45) is 6.62. The van der Waals surface area contributed by atoms with E-state index < -0.39 is 0 Å². The highest BCUT2D eigenvalue weighted by Gasteiger charge is 2.27. The van der Waals surface area contributed by atoms with Crippen molar-refractivity contribution in [3.05, 3.63) is 59.0 Å². The molecule has 130 valence electrons. The molecule has 5 heteroatoms. The number of carbonyl (C=O) groups excluding carboxylic acids is 2. The van der Waals surface area contributed by atoms with E-state index in [0.29, 0.717) is 18.8 Å². The minimum atomic E-state index is -0.110. The summed E-state index contributed by atoms with van der Waals surface area (Å²) in [7, 11) is 0. The number of benzene rings is 1. The fourth-order valence-corrected chi connectivity index (χ4v) is 3.82. The van der Waals surface area contributed by atoms with E-state index in [4.69, 9.17) is 4.42 Å². The first-order valence-electron chi connectivity index (χ1n) is 8.96. The summed E-state index contributed by atoms with van der Waals surface area (Å²) in [5.41, 5.74) is 3.38. The van der Waals surface area contributed by atoms with Gasteiger partial charge in [-0.25, -0.2) is 0 Å². The van der Waals surface area contributed by atoms with Crippen LogP contribution in [0.3, 0.4) is 0 Å². The molecule has 1 aromatic heterocycles. The smallest absolute Gasteiger partial charge is 0.289 e. The number of aryl methyl sites for hydroxylation is 2. The van der Waals surface area contributed by atoms with Crippen LogP contribution in [-0.4, -0.2) is 35.8 Å². The summed E-state index contributed by atoms with van der Waals surface area (Å²) >= 11 is 0. The van der Waals surface area contributed by atoms with Gasteiger partial charge in [-0.2, -0.15) is 0 Å². The molecule has 0 radical (unpaired) electrons. The first kappa shape index (κ1) is 15.9. The Labute approximate surface area is 147 Å². The molecule has 0 spiro atoms. The second kappa shape index (κ2) is 6.75.